The van der Waals surface area contributed by atoms with Gasteiger partial charge in [0.15, 0.2) is 0 Å². The summed E-state index contributed by atoms with van der Waals surface area (Å²) in [6, 6.07) is 0.137. The second-order valence-corrected chi connectivity index (χ2v) is 5.50. The number of hydrogen-bond donors (Lipinski definition) is 2. The molecule has 0 bridgehead atoms. The summed E-state index contributed by atoms with van der Waals surface area (Å²) in [5, 5.41) is 12.2. The van der Waals surface area contributed by atoms with E-state index in [0.717, 1.165) is 25.7 Å². The third-order valence-electron chi connectivity index (χ3n) is 4.00. The van der Waals surface area contributed by atoms with Gasteiger partial charge in [-0.2, -0.15) is 0 Å². The molecule has 0 aromatic rings. The summed E-state index contributed by atoms with van der Waals surface area (Å²) in [4.78, 5) is 23.3. The van der Waals surface area contributed by atoms with Crippen LogP contribution in [0.1, 0.15) is 52.9 Å². The number of carbonyl (C=O) groups excluding carboxylic acids is 1. The first-order chi connectivity index (χ1) is 8.49. The number of hydrogen-bond acceptors (Lipinski definition) is 2. The van der Waals surface area contributed by atoms with Crippen LogP contribution in [-0.2, 0) is 9.59 Å². The Morgan fingerprint density at radius 2 is 1.89 bits per heavy atom. The molecule has 2 N–H and O–H groups in total. The lowest BCUT2D eigenvalue weighted by Crippen LogP contribution is -2.40. The molecule has 4 heteroatoms. The summed E-state index contributed by atoms with van der Waals surface area (Å²) in [5.41, 5.74) is 0. The third kappa shape index (κ3) is 3.72. The average molecular weight is 255 g/mol. The number of carboxylic acids is 1. The molecule has 104 valence electrons. The Morgan fingerprint density at radius 3 is 2.39 bits per heavy atom. The summed E-state index contributed by atoms with van der Waals surface area (Å²) in [6.07, 6.45) is 4.28. The fourth-order valence-corrected chi connectivity index (χ4v) is 2.89. The molecule has 4 atom stereocenters. The minimum atomic E-state index is -0.825. The fraction of sp³-hybridized carbons (Fsp3) is 0.857. The van der Waals surface area contributed by atoms with Crippen molar-refractivity contribution in [2.24, 2.45) is 17.8 Å². The van der Waals surface area contributed by atoms with Crippen molar-refractivity contribution >= 4 is 11.9 Å². The Morgan fingerprint density at radius 1 is 1.28 bits per heavy atom. The van der Waals surface area contributed by atoms with Crippen molar-refractivity contribution in [3.05, 3.63) is 0 Å². The Kier molecular flexibility index (Phi) is 5.63. The van der Waals surface area contributed by atoms with Crippen LogP contribution in [0.25, 0.3) is 0 Å². The van der Waals surface area contributed by atoms with E-state index in [1.54, 1.807) is 0 Å². The molecule has 4 unspecified atom stereocenters. The largest absolute Gasteiger partial charge is 0.481 e. The molecule has 1 saturated carbocycles. The smallest absolute Gasteiger partial charge is 0.307 e. The second-order valence-electron chi connectivity index (χ2n) is 5.50. The Balaban J connectivity index is 2.62. The molecule has 1 fully saturated rings. The van der Waals surface area contributed by atoms with E-state index in [2.05, 4.69) is 19.2 Å². The van der Waals surface area contributed by atoms with Gasteiger partial charge in [-0.1, -0.05) is 26.7 Å². The Bertz CT molecular complexity index is 303. The summed E-state index contributed by atoms with van der Waals surface area (Å²) in [7, 11) is 0. The topological polar surface area (TPSA) is 66.4 Å². The summed E-state index contributed by atoms with van der Waals surface area (Å²) in [5.74, 6) is -1.35. The highest BCUT2D eigenvalue weighted by molar-refractivity contribution is 5.85. The van der Waals surface area contributed by atoms with Crippen molar-refractivity contribution in [3.63, 3.8) is 0 Å². The molecule has 0 heterocycles. The van der Waals surface area contributed by atoms with Crippen molar-refractivity contribution in [3.8, 4) is 0 Å². The van der Waals surface area contributed by atoms with Gasteiger partial charge < -0.3 is 10.4 Å². The van der Waals surface area contributed by atoms with Gasteiger partial charge in [0, 0.05) is 6.04 Å². The molecule has 0 aliphatic heterocycles. The maximum Gasteiger partial charge on any atom is 0.307 e. The standard InChI is InChI=1S/C14H25NO3/c1-4-6-9(3)15-13(16)11-7-10(5-2)8-12(11)14(17)18/h9-12H,4-8H2,1-3H3,(H,15,16)(H,17,18). The Hall–Kier alpha value is -1.06. The van der Waals surface area contributed by atoms with Crippen molar-refractivity contribution in [1.29, 1.82) is 0 Å². The number of amides is 1. The molecule has 18 heavy (non-hydrogen) atoms. The predicted molar refractivity (Wildman–Crippen MR) is 70.1 cm³/mol. The zero-order valence-corrected chi connectivity index (χ0v) is 11.6. The molecular formula is C14H25NO3. The van der Waals surface area contributed by atoms with Gasteiger partial charge in [0.1, 0.15) is 0 Å². The summed E-state index contributed by atoms with van der Waals surface area (Å²) < 4.78 is 0. The average Bonchev–Trinajstić information content (AvgIpc) is 2.73. The molecule has 4 nitrogen and oxygen atoms in total. The van der Waals surface area contributed by atoms with Crippen LogP contribution in [0.2, 0.25) is 0 Å². The normalized spacial score (nSPS) is 28.9. The van der Waals surface area contributed by atoms with Crippen molar-refractivity contribution < 1.29 is 14.7 Å². The number of nitrogens with one attached hydrogen (secondary N) is 1. The van der Waals surface area contributed by atoms with Gasteiger partial charge in [-0.3, -0.25) is 9.59 Å². The molecule has 0 spiro atoms. The molecule has 1 aliphatic carbocycles. The molecule has 1 amide bonds. The van der Waals surface area contributed by atoms with Crippen molar-refractivity contribution in [2.45, 2.75) is 58.9 Å². The van der Waals surface area contributed by atoms with Crippen LogP contribution >= 0.6 is 0 Å². The molecule has 0 aromatic heterocycles. The second kappa shape index (κ2) is 6.76. The van der Waals surface area contributed by atoms with Crippen molar-refractivity contribution in [2.75, 3.05) is 0 Å². The van der Waals surface area contributed by atoms with Gasteiger partial charge >= 0.3 is 5.97 Å². The minimum absolute atomic E-state index is 0.0701. The molecule has 1 aliphatic rings. The first-order valence-corrected chi connectivity index (χ1v) is 7.02. The number of carboxylic acid groups (broad SMARTS) is 1. The maximum absolute atomic E-state index is 12.1. The van der Waals surface area contributed by atoms with Crippen LogP contribution in [0.15, 0.2) is 0 Å². The van der Waals surface area contributed by atoms with Gasteiger partial charge in [-0.25, -0.2) is 0 Å². The van der Waals surface area contributed by atoms with Crippen LogP contribution in [0, 0.1) is 17.8 Å². The van der Waals surface area contributed by atoms with Crippen LogP contribution in [0.3, 0.4) is 0 Å². The lowest BCUT2D eigenvalue weighted by atomic mass is 9.95. The predicted octanol–water partition coefficient (Wildman–Crippen LogP) is 2.43. The SMILES string of the molecule is CCCC(C)NC(=O)C1CC(CC)CC1C(=O)O. The molecule has 0 aromatic carbocycles. The van der Waals surface area contributed by atoms with E-state index in [-0.39, 0.29) is 17.9 Å². The first-order valence-electron chi connectivity index (χ1n) is 7.02. The van der Waals surface area contributed by atoms with Crippen LogP contribution in [-0.4, -0.2) is 23.0 Å². The minimum Gasteiger partial charge on any atom is -0.481 e. The highest BCUT2D eigenvalue weighted by atomic mass is 16.4. The lowest BCUT2D eigenvalue weighted by molar-refractivity contribution is -0.146. The molecule has 0 radical (unpaired) electrons. The summed E-state index contributed by atoms with van der Waals surface area (Å²) in [6.45, 7) is 6.11. The lowest BCUT2D eigenvalue weighted by Gasteiger charge is -2.19. The van der Waals surface area contributed by atoms with E-state index in [9.17, 15) is 14.7 Å². The van der Waals surface area contributed by atoms with Crippen LogP contribution in [0.5, 0.6) is 0 Å². The van der Waals surface area contributed by atoms with E-state index in [1.165, 1.54) is 0 Å². The van der Waals surface area contributed by atoms with Gasteiger partial charge in [0.25, 0.3) is 0 Å². The summed E-state index contributed by atoms with van der Waals surface area (Å²) >= 11 is 0. The highest BCUT2D eigenvalue weighted by Gasteiger charge is 2.42. The number of rotatable bonds is 6. The van der Waals surface area contributed by atoms with Gasteiger partial charge in [0.2, 0.25) is 5.91 Å². The van der Waals surface area contributed by atoms with E-state index in [0.29, 0.717) is 12.3 Å². The van der Waals surface area contributed by atoms with Crippen molar-refractivity contribution in [1.82, 2.24) is 5.32 Å². The zero-order valence-electron chi connectivity index (χ0n) is 11.6. The molecular weight excluding hydrogens is 230 g/mol. The molecule has 0 saturated heterocycles. The zero-order chi connectivity index (χ0) is 13.7. The Labute approximate surface area is 109 Å². The first kappa shape index (κ1) is 15.0. The van der Waals surface area contributed by atoms with E-state index in [1.807, 2.05) is 6.92 Å². The van der Waals surface area contributed by atoms with Crippen LogP contribution in [0.4, 0.5) is 0 Å². The monoisotopic (exact) mass is 255 g/mol. The highest BCUT2D eigenvalue weighted by Crippen LogP contribution is 2.38. The number of aliphatic carboxylic acids is 1. The van der Waals surface area contributed by atoms with Crippen LogP contribution < -0.4 is 5.32 Å². The van der Waals surface area contributed by atoms with Gasteiger partial charge in [-0.15, -0.1) is 0 Å². The van der Waals surface area contributed by atoms with Gasteiger partial charge in [0.05, 0.1) is 11.8 Å². The van der Waals surface area contributed by atoms with E-state index in [4.69, 9.17) is 0 Å². The van der Waals surface area contributed by atoms with Gasteiger partial charge in [-0.05, 0) is 32.1 Å². The van der Waals surface area contributed by atoms with E-state index < -0.39 is 11.9 Å². The van der Waals surface area contributed by atoms with E-state index >= 15 is 0 Å². The fourth-order valence-electron chi connectivity index (χ4n) is 2.89. The maximum atomic E-state index is 12.1. The quantitative estimate of drug-likeness (QED) is 0.766. The molecule has 1 rings (SSSR count). The number of carbonyl (C=O) groups is 2. The third-order valence-corrected chi connectivity index (χ3v) is 4.00.